The predicted molar refractivity (Wildman–Crippen MR) is 73.6 cm³/mol. The molecule has 0 bridgehead atoms. The Morgan fingerprint density at radius 3 is 2.78 bits per heavy atom. The minimum atomic E-state index is -0.458. The molecule has 0 radical (unpaired) electrons. The van der Waals surface area contributed by atoms with Crippen LogP contribution >= 0.6 is 24.0 Å². The van der Waals surface area contributed by atoms with Crippen molar-refractivity contribution in [3.63, 3.8) is 0 Å². The summed E-state index contributed by atoms with van der Waals surface area (Å²) in [4.78, 5) is 11.5. The molecule has 0 aliphatic heterocycles. The highest BCUT2D eigenvalue weighted by atomic mass is 35.5. The molecule has 1 aromatic rings. The third-order valence-electron chi connectivity index (χ3n) is 2.32. The summed E-state index contributed by atoms with van der Waals surface area (Å²) in [6.45, 7) is 2.35. The zero-order valence-electron chi connectivity index (χ0n) is 10.1. The van der Waals surface area contributed by atoms with Crippen LogP contribution in [0.1, 0.15) is 18.9 Å². The molecule has 0 aromatic heterocycles. The number of benzene rings is 1. The van der Waals surface area contributed by atoms with Crippen molar-refractivity contribution in [2.45, 2.75) is 25.8 Å². The van der Waals surface area contributed by atoms with Crippen molar-refractivity contribution < 1.29 is 9.18 Å². The molecule has 1 amide bonds. The minimum absolute atomic E-state index is 0. The van der Waals surface area contributed by atoms with Crippen LogP contribution in [-0.2, 0) is 11.2 Å². The molecule has 3 nitrogen and oxygen atoms in total. The van der Waals surface area contributed by atoms with E-state index in [0.29, 0.717) is 13.0 Å². The lowest BCUT2D eigenvalue weighted by atomic mass is 10.1. The monoisotopic (exact) mass is 294 g/mol. The fraction of sp³-hybridized carbons (Fsp3) is 0.417. The lowest BCUT2D eigenvalue weighted by Gasteiger charge is -2.08. The van der Waals surface area contributed by atoms with Crippen LogP contribution in [0.2, 0.25) is 5.02 Å². The van der Waals surface area contributed by atoms with E-state index >= 15 is 0 Å². The Morgan fingerprint density at radius 2 is 2.22 bits per heavy atom. The molecule has 6 heteroatoms. The van der Waals surface area contributed by atoms with Gasteiger partial charge in [-0.1, -0.05) is 17.7 Å². The predicted octanol–water partition coefficient (Wildman–Crippen LogP) is 2.30. The summed E-state index contributed by atoms with van der Waals surface area (Å²) in [5.41, 5.74) is 5.78. The zero-order chi connectivity index (χ0) is 12.8. The summed E-state index contributed by atoms with van der Waals surface area (Å²) in [6, 6.07) is 4.40. The molecule has 0 saturated heterocycles. The van der Waals surface area contributed by atoms with Gasteiger partial charge < -0.3 is 11.1 Å². The number of rotatable bonds is 5. The molecule has 0 aliphatic rings. The Hall–Kier alpha value is -0.840. The van der Waals surface area contributed by atoms with E-state index in [1.807, 2.05) is 6.92 Å². The van der Waals surface area contributed by atoms with Gasteiger partial charge in [0.2, 0.25) is 5.91 Å². The maximum absolute atomic E-state index is 13.4. The van der Waals surface area contributed by atoms with Crippen LogP contribution < -0.4 is 11.1 Å². The number of nitrogens with one attached hydrogen (secondary N) is 1. The van der Waals surface area contributed by atoms with Gasteiger partial charge in [-0.15, -0.1) is 12.4 Å². The molecule has 1 aromatic carbocycles. The van der Waals surface area contributed by atoms with Crippen molar-refractivity contribution in [2.24, 2.45) is 5.73 Å². The molecule has 0 heterocycles. The molecule has 0 spiro atoms. The number of nitrogens with two attached hydrogens (primary N) is 1. The lowest BCUT2D eigenvalue weighted by Crippen LogP contribution is -2.30. The van der Waals surface area contributed by atoms with Crippen LogP contribution in [0.25, 0.3) is 0 Å². The number of carbonyl (C=O) groups is 1. The van der Waals surface area contributed by atoms with E-state index in [1.165, 1.54) is 12.1 Å². The summed E-state index contributed by atoms with van der Waals surface area (Å²) in [5, 5.41) is 2.94. The van der Waals surface area contributed by atoms with E-state index in [2.05, 4.69) is 5.32 Å². The number of hydrogen-bond donors (Lipinski definition) is 2. The zero-order valence-corrected chi connectivity index (χ0v) is 11.7. The van der Waals surface area contributed by atoms with Crippen molar-refractivity contribution >= 4 is 29.9 Å². The van der Waals surface area contributed by atoms with Gasteiger partial charge in [-0.05, 0) is 25.5 Å². The maximum Gasteiger partial charge on any atom is 0.224 e. The number of amides is 1. The van der Waals surface area contributed by atoms with Crippen LogP contribution in [0.4, 0.5) is 4.39 Å². The fourth-order valence-corrected chi connectivity index (χ4v) is 1.59. The molecule has 3 N–H and O–H groups in total. The Bertz CT molecular complexity index is 379. The summed E-state index contributed by atoms with van der Waals surface area (Å²) in [7, 11) is 0. The van der Waals surface area contributed by atoms with Crippen LogP contribution in [0.5, 0.6) is 0 Å². The first-order valence-electron chi connectivity index (χ1n) is 5.46. The molecule has 102 valence electrons. The third-order valence-corrected chi connectivity index (χ3v) is 2.67. The van der Waals surface area contributed by atoms with E-state index in [9.17, 15) is 9.18 Å². The summed E-state index contributed by atoms with van der Waals surface area (Å²) >= 11 is 5.82. The van der Waals surface area contributed by atoms with Crippen LogP contribution in [0.15, 0.2) is 18.2 Å². The first-order chi connectivity index (χ1) is 8.00. The van der Waals surface area contributed by atoms with Crippen LogP contribution in [-0.4, -0.2) is 18.5 Å². The molecule has 18 heavy (non-hydrogen) atoms. The number of carbonyl (C=O) groups excluding carboxylic acids is 1. The summed E-state index contributed by atoms with van der Waals surface area (Å²) in [5.74, 6) is -0.711. The van der Waals surface area contributed by atoms with Gasteiger partial charge in [0, 0.05) is 23.2 Å². The lowest BCUT2D eigenvalue weighted by molar-refractivity contribution is -0.120. The van der Waals surface area contributed by atoms with Gasteiger partial charge in [-0.3, -0.25) is 4.79 Å². The third kappa shape index (κ3) is 5.67. The van der Waals surface area contributed by atoms with Gasteiger partial charge in [0.15, 0.2) is 0 Å². The van der Waals surface area contributed by atoms with Crippen molar-refractivity contribution in [2.75, 3.05) is 6.54 Å². The highest BCUT2D eigenvalue weighted by Crippen LogP contribution is 2.19. The number of hydrogen-bond acceptors (Lipinski definition) is 2. The van der Waals surface area contributed by atoms with Crippen LogP contribution in [0, 0.1) is 5.82 Å². The normalized spacial score (nSPS) is 11.6. The fourth-order valence-electron chi connectivity index (χ4n) is 1.36. The van der Waals surface area contributed by atoms with Crippen molar-refractivity contribution in [1.29, 1.82) is 0 Å². The molecule has 0 aliphatic carbocycles. The Morgan fingerprint density at radius 1 is 1.56 bits per heavy atom. The summed E-state index contributed by atoms with van der Waals surface area (Å²) in [6.07, 6.45) is 0.640. The first-order valence-corrected chi connectivity index (χ1v) is 5.83. The minimum Gasteiger partial charge on any atom is -0.356 e. The number of halogens is 3. The smallest absolute Gasteiger partial charge is 0.224 e. The van der Waals surface area contributed by atoms with Crippen molar-refractivity contribution in [1.82, 2.24) is 5.32 Å². The molecular formula is C12H17Cl2FN2O. The molecule has 1 rings (SSSR count). The van der Waals surface area contributed by atoms with Gasteiger partial charge in [0.05, 0.1) is 6.42 Å². The second-order valence-corrected chi connectivity index (χ2v) is 4.40. The van der Waals surface area contributed by atoms with Gasteiger partial charge in [-0.2, -0.15) is 0 Å². The van der Waals surface area contributed by atoms with Gasteiger partial charge >= 0.3 is 0 Å². The second kappa shape index (κ2) is 8.29. The highest BCUT2D eigenvalue weighted by Gasteiger charge is 2.11. The first kappa shape index (κ1) is 17.2. The van der Waals surface area contributed by atoms with Crippen LogP contribution in [0.3, 0.4) is 0 Å². The van der Waals surface area contributed by atoms with Gasteiger partial charge in [-0.25, -0.2) is 4.39 Å². The van der Waals surface area contributed by atoms with E-state index in [1.54, 1.807) is 6.07 Å². The average molecular weight is 295 g/mol. The Kier molecular flexibility index (Phi) is 7.91. The average Bonchev–Trinajstić information content (AvgIpc) is 2.23. The van der Waals surface area contributed by atoms with Gasteiger partial charge in [0.1, 0.15) is 5.82 Å². The topological polar surface area (TPSA) is 55.1 Å². The standard InChI is InChI=1S/C12H16ClFN2O.ClH/c1-8(15)5-6-16-12(17)7-9-10(13)3-2-4-11(9)14;/h2-4,8H,5-7,15H2,1H3,(H,16,17);1H. The Labute approximate surface area is 117 Å². The van der Waals surface area contributed by atoms with E-state index in [4.69, 9.17) is 17.3 Å². The van der Waals surface area contributed by atoms with Crippen molar-refractivity contribution in [3.8, 4) is 0 Å². The summed E-state index contributed by atoms with van der Waals surface area (Å²) < 4.78 is 13.4. The highest BCUT2D eigenvalue weighted by molar-refractivity contribution is 6.31. The van der Waals surface area contributed by atoms with E-state index in [-0.39, 0.29) is 41.4 Å². The molecule has 0 fully saturated rings. The SMILES string of the molecule is CC(N)CCNC(=O)Cc1c(F)cccc1Cl.Cl. The largest absolute Gasteiger partial charge is 0.356 e. The molecule has 0 saturated carbocycles. The van der Waals surface area contributed by atoms with E-state index in [0.717, 1.165) is 0 Å². The van der Waals surface area contributed by atoms with Crippen molar-refractivity contribution in [3.05, 3.63) is 34.6 Å². The second-order valence-electron chi connectivity index (χ2n) is 3.99. The molecular weight excluding hydrogens is 278 g/mol. The quantitative estimate of drug-likeness (QED) is 0.875. The Balaban J connectivity index is 0.00000289. The van der Waals surface area contributed by atoms with E-state index < -0.39 is 5.82 Å². The van der Waals surface area contributed by atoms with Gasteiger partial charge in [0.25, 0.3) is 0 Å². The molecule has 1 unspecified atom stereocenters. The molecule has 1 atom stereocenters. The maximum atomic E-state index is 13.4.